The molecule has 0 aromatic heterocycles. The third-order valence-electron chi connectivity index (χ3n) is 3.93. The molecule has 1 aliphatic carbocycles. The van der Waals surface area contributed by atoms with Crippen molar-refractivity contribution in [2.75, 3.05) is 0 Å². The average molecular weight is 246 g/mol. The molecular weight excluding hydrogens is 224 g/mol. The Morgan fingerprint density at radius 3 is 2.61 bits per heavy atom. The van der Waals surface area contributed by atoms with Gasteiger partial charge in [0.15, 0.2) is 0 Å². The molecule has 0 saturated carbocycles. The Morgan fingerprint density at radius 1 is 1.00 bits per heavy atom. The van der Waals surface area contributed by atoms with Gasteiger partial charge in [0.25, 0.3) is 0 Å². The van der Waals surface area contributed by atoms with Crippen molar-refractivity contribution in [3.63, 3.8) is 0 Å². The Kier molecular flexibility index (Phi) is 3.90. The van der Waals surface area contributed by atoms with Gasteiger partial charge in [-0.2, -0.15) is 11.1 Å². The molecule has 0 radical (unpaired) electrons. The minimum absolute atomic E-state index is 0.336. The van der Waals surface area contributed by atoms with E-state index < -0.39 is 0 Å². The first-order chi connectivity index (χ1) is 8.92. The number of nitrogens with one attached hydrogen (secondary N) is 4. The zero-order valence-corrected chi connectivity index (χ0v) is 10.8. The molecule has 1 aromatic carbocycles. The van der Waals surface area contributed by atoms with Crippen LogP contribution in [0.2, 0.25) is 0 Å². The van der Waals surface area contributed by atoms with Gasteiger partial charge in [-0.25, -0.2) is 10.9 Å². The summed E-state index contributed by atoms with van der Waals surface area (Å²) in [4.78, 5) is 0. The summed E-state index contributed by atoms with van der Waals surface area (Å²) in [5.41, 5.74) is 16.6. The summed E-state index contributed by atoms with van der Waals surface area (Å²) in [6, 6.07) is 7.09. The fourth-order valence-electron chi connectivity index (χ4n) is 2.88. The molecule has 4 heteroatoms. The van der Waals surface area contributed by atoms with Crippen LogP contribution in [0.4, 0.5) is 0 Å². The highest BCUT2D eigenvalue weighted by atomic mass is 15.8. The van der Waals surface area contributed by atoms with Gasteiger partial charge < -0.3 is 0 Å². The minimum atomic E-state index is 0.336. The first kappa shape index (κ1) is 12.1. The molecule has 0 spiro atoms. The fourth-order valence-corrected chi connectivity index (χ4v) is 2.88. The number of rotatable bonds is 4. The Bertz CT molecular complexity index is 399. The summed E-state index contributed by atoms with van der Waals surface area (Å²) >= 11 is 0. The van der Waals surface area contributed by atoms with Gasteiger partial charge in [-0.05, 0) is 61.6 Å². The normalized spacial score (nSPS) is 20.0. The van der Waals surface area contributed by atoms with Gasteiger partial charge in [0.2, 0.25) is 0 Å². The predicted octanol–water partition coefficient (Wildman–Crippen LogP) is 1.33. The van der Waals surface area contributed by atoms with Crippen molar-refractivity contribution >= 4 is 0 Å². The van der Waals surface area contributed by atoms with Gasteiger partial charge in [0.1, 0.15) is 0 Å². The lowest BCUT2D eigenvalue weighted by atomic mass is 9.89. The van der Waals surface area contributed by atoms with Crippen molar-refractivity contribution < 1.29 is 0 Å². The van der Waals surface area contributed by atoms with E-state index in [0.717, 1.165) is 6.42 Å². The van der Waals surface area contributed by atoms with Gasteiger partial charge in [-0.15, -0.1) is 0 Å². The highest BCUT2D eigenvalue weighted by Crippen LogP contribution is 2.22. The second-order valence-corrected chi connectivity index (χ2v) is 5.29. The van der Waals surface area contributed by atoms with Gasteiger partial charge in [-0.1, -0.05) is 18.2 Å². The zero-order chi connectivity index (χ0) is 12.2. The lowest BCUT2D eigenvalue weighted by Gasteiger charge is -2.16. The maximum absolute atomic E-state index is 3.12. The monoisotopic (exact) mass is 246 g/mol. The van der Waals surface area contributed by atoms with Crippen LogP contribution in [-0.4, -0.2) is 6.17 Å². The summed E-state index contributed by atoms with van der Waals surface area (Å²) in [6.07, 6.45) is 9.13. The third-order valence-corrected chi connectivity index (χ3v) is 3.93. The number of aryl methyl sites for hydroxylation is 3. The topological polar surface area (TPSA) is 48.1 Å². The molecule has 4 N–H and O–H groups in total. The van der Waals surface area contributed by atoms with Crippen LogP contribution in [0.3, 0.4) is 0 Å². The molecule has 1 heterocycles. The largest absolute Gasteiger partial charge is 0.225 e. The molecule has 1 fully saturated rings. The lowest BCUT2D eigenvalue weighted by molar-refractivity contribution is 0.473. The molecule has 0 bridgehead atoms. The van der Waals surface area contributed by atoms with Crippen LogP contribution in [0, 0.1) is 0 Å². The molecule has 18 heavy (non-hydrogen) atoms. The number of hydrogen-bond donors (Lipinski definition) is 4. The van der Waals surface area contributed by atoms with E-state index >= 15 is 0 Å². The molecule has 4 nitrogen and oxygen atoms in total. The first-order valence-electron chi connectivity index (χ1n) is 7.03. The molecule has 0 amide bonds. The van der Waals surface area contributed by atoms with Crippen molar-refractivity contribution in [1.82, 2.24) is 21.9 Å². The Hall–Kier alpha value is -0.940. The van der Waals surface area contributed by atoms with Crippen molar-refractivity contribution in [2.45, 2.75) is 51.1 Å². The first-order valence-corrected chi connectivity index (χ1v) is 7.03. The molecule has 1 aromatic rings. The van der Waals surface area contributed by atoms with E-state index in [1.807, 2.05) is 0 Å². The Labute approximate surface area is 108 Å². The summed E-state index contributed by atoms with van der Waals surface area (Å²) in [5.74, 6) is 0. The molecule has 2 aliphatic rings. The van der Waals surface area contributed by atoms with Gasteiger partial charge in [0.05, 0.1) is 6.17 Å². The van der Waals surface area contributed by atoms with Gasteiger partial charge >= 0.3 is 0 Å². The molecule has 1 saturated heterocycles. The SMILES string of the molecule is c1cc2c(cc1CCCC1NNNN1)CCCC2. The van der Waals surface area contributed by atoms with E-state index in [2.05, 4.69) is 40.1 Å². The van der Waals surface area contributed by atoms with Gasteiger partial charge in [0, 0.05) is 0 Å². The lowest BCUT2D eigenvalue weighted by Crippen LogP contribution is -2.33. The maximum atomic E-state index is 3.12. The second kappa shape index (κ2) is 5.80. The quantitative estimate of drug-likeness (QED) is 0.647. The van der Waals surface area contributed by atoms with Crippen molar-refractivity contribution in [3.05, 3.63) is 34.9 Å². The zero-order valence-electron chi connectivity index (χ0n) is 10.8. The number of hydrogen-bond acceptors (Lipinski definition) is 4. The van der Waals surface area contributed by atoms with E-state index in [9.17, 15) is 0 Å². The van der Waals surface area contributed by atoms with Crippen molar-refractivity contribution in [3.8, 4) is 0 Å². The van der Waals surface area contributed by atoms with Gasteiger partial charge in [-0.3, -0.25) is 0 Å². The van der Waals surface area contributed by atoms with E-state index in [-0.39, 0.29) is 0 Å². The van der Waals surface area contributed by atoms with Crippen LogP contribution in [-0.2, 0) is 19.3 Å². The minimum Gasteiger partial charge on any atom is -0.225 e. The van der Waals surface area contributed by atoms with Crippen molar-refractivity contribution in [2.24, 2.45) is 0 Å². The highest BCUT2D eigenvalue weighted by Gasteiger charge is 2.12. The van der Waals surface area contributed by atoms with E-state index in [0.29, 0.717) is 6.17 Å². The fraction of sp³-hybridized carbons (Fsp3) is 0.571. The molecule has 1 aliphatic heterocycles. The molecule has 3 rings (SSSR count). The molecular formula is C14H22N4. The number of fused-ring (bicyclic) bond motifs is 1. The summed E-state index contributed by atoms with van der Waals surface area (Å²) in [5, 5.41) is 0. The van der Waals surface area contributed by atoms with Crippen LogP contribution in [0.25, 0.3) is 0 Å². The molecule has 0 unspecified atom stereocenters. The highest BCUT2D eigenvalue weighted by molar-refractivity contribution is 5.33. The Morgan fingerprint density at radius 2 is 1.78 bits per heavy atom. The van der Waals surface area contributed by atoms with E-state index in [1.54, 1.807) is 11.1 Å². The Balaban J connectivity index is 1.52. The van der Waals surface area contributed by atoms with Crippen LogP contribution in [0.15, 0.2) is 18.2 Å². The van der Waals surface area contributed by atoms with Crippen molar-refractivity contribution in [1.29, 1.82) is 0 Å². The smallest absolute Gasteiger partial charge is 0.0859 e. The van der Waals surface area contributed by atoms with E-state index in [1.165, 1.54) is 44.1 Å². The second-order valence-electron chi connectivity index (χ2n) is 5.29. The standard InChI is InChI=1S/C14H22N4/c1-2-6-13-10-11(8-9-12(13)5-1)4-3-7-14-15-17-18-16-14/h8-10,14-18H,1-7H2. The number of hydrazine groups is 3. The van der Waals surface area contributed by atoms with E-state index in [4.69, 9.17) is 0 Å². The predicted molar refractivity (Wildman–Crippen MR) is 72.4 cm³/mol. The molecule has 0 atom stereocenters. The van der Waals surface area contributed by atoms with Crippen LogP contribution < -0.4 is 21.9 Å². The van der Waals surface area contributed by atoms with Crippen LogP contribution >= 0.6 is 0 Å². The van der Waals surface area contributed by atoms with Crippen LogP contribution in [0.5, 0.6) is 0 Å². The number of benzene rings is 1. The van der Waals surface area contributed by atoms with Crippen LogP contribution in [0.1, 0.15) is 42.4 Å². The summed E-state index contributed by atoms with van der Waals surface area (Å²) in [7, 11) is 0. The average Bonchev–Trinajstić information content (AvgIpc) is 2.92. The summed E-state index contributed by atoms with van der Waals surface area (Å²) < 4.78 is 0. The maximum Gasteiger partial charge on any atom is 0.0859 e. The third kappa shape index (κ3) is 2.90. The summed E-state index contributed by atoms with van der Waals surface area (Å²) in [6.45, 7) is 0. The molecule has 98 valence electrons.